The van der Waals surface area contributed by atoms with E-state index in [0.29, 0.717) is 0 Å². The molecular formula is C9H17NO8S. The Balaban J connectivity index is 2.97. The van der Waals surface area contributed by atoms with Gasteiger partial charge in [-0.2, -0.15) is 12.6 Å². The summed E-state index contributed by atoms with van der Waals surface area (Å²) in [4.78, 5) is 11.4. The SMILES string of the molecule is N[C@@H](CS)C(=O)OC1(O)[C@H](O)[C@H](O)C(O)[C@H](O)[C@H]1O. The molecular weight excluding hydrogens is 282 g/mol. The van der Waals surface area contributed by atoms with Gasteiger partial charge in [0, 0.05) is 5.75 Å². The van der Waals surface area contributed by atoms with E-state index in [9.17, 15) is 35.4 Å². The maximum Gasteiger partial charge on any atom is 0.326 e. The minimum absolute atomic E-state index is 0.130. The lowest BCUT2D eigenvalue weighted by Crippen LogP contribution is -2.72. The second kappa shape index (κ2) is 5.89. The summed E-state index contributed by atoms with van der Waals surface area (Å²) in [6.07, 6.45) is -10.4. The predicted molar refractivity (Wildman–Crippen MR) is 62.9 cm³/mol. The van der Waals surface area contributed by atoms with E-state index in [4.69, 9.17) is 5.73 Å². The smallest absolute Gasteiger partial charge is 0.326 e. The Hall–Kier alpha value is -0.460. The zero-order valence-electron chi connectivity index (χ0n) is 9.70. The van der Waals surface area contributed by atoms with Gasteiger partial charge in [-0.05, 0) is 0 Å². The first kappa shape index (κ1) is 16.6. The summed E-state index contributed by atoms with van der Waals surface area (Å²) in [5.74, 6) is -4.32. The van der Waals surface area contributed by atoms with Crippen LogP contribution in [0.2, 0.25) is 0 Å². The Morgan fingerprint density at radius 1 is 1.16 bits per heavy atom. The largest absolute Gasteiger partial charge is 0.426 e. The highest BCUT2D eigenvalue weighted by Crippen LogP contribution is 2.31. The zero-order valence-corrected chi connectivity index (χ0v) is 10.6. The topological polar surface area (TPSA) is 174 Å². The molecule has 7 atom stereocenters. The second-order valence-corrected chi connectivity index (χ2v) is 4.69. The van der Waals surface area contributed by atoms with Crippen LogP contribution in [0, 0.1) is 0 Å². The molecule has 0 spiro atoms. The third-order valence-corrected chi connectivity index (χ3v) is 3.35. The Morgan fingerprint density at radius 2 is 1.58 bits per heavy atom. The van der Waals surface area contributed by atoms with Crippen LogP contribution in [0.15, 0.2) is 0 Å². The van der Waals surface area contributed by atoms with Gasteiger partial charge in [0.25, 0.3) is 5.79 Å². The van der Waals surface area contributed by atoms with Gasteiger partial charge in [0.2, 0.25) is 0 Å². The van der Waals surface area contributed by atoms with Crippen molar-refractivity contribution in [3.8, 4) is 0 Å². The Kier molecular flexibility index (Phi) is 5.15. The lowest BCUT2D eigenvalue weighted by Gasteiger charge is -2.46. The number of hydrogen-bond acceptors (Lipinski definition) is 10. The van der Waals surface area contributed by atoms with Gasteiger partial charge in [0.15, 0.2) is 12.2 Å². The van der Waals surface area contributed by atoms with E-state index < -0.39 is 48.3 Å². The van der Waals surface area contributed by atoms with Gasteiger partial charge in [-0.3, -0.25) is 4.79 Å². The van der Waals surface area contributed by atoms with Crippen molar-refractivity contribution in [2.75, 3.05) is 5.75 Å². The minimum Gasteiger partial charge on any atom is -0.426 e. The average Bonchev–Trinajstić information content (AvgIpc) is 2.40. The van der Waals surface area contributed by atoms with Crippen LogP contribution in [0.25, 0.3) is 0 Å². The predicted octanol–water partition coefficient (Wildman–Crippen LogP) is -4.71. The van der Waals surface area contributed by atoms with Gasteiger partial charge >= 0.3 is 5.97 Å². The summed E-state index contributed by atoms with van der Waals surface area (Å²) in [6.45, 7) is 0. The molecule has 0 saturated heterocycles. The van der Waals surface area contributed by atoms with E-state index >= 15 is 0 Å². The summed E-state index contributed by atoms with van der Waals surface area (Å²) in [7, 11) is 0. The van der Waals surface area contributed by atoms with Gasteiger partial charge in [0.1, 0.15) is 24.4 Å². The molecule has 1 rings (SSSR count). The van der Waals surface area contributed by atoms with Gasteiger partial charge in [-0.1, -0.05) is 0 Å². The fourth-order valence-electron chi connectivity index (χ4n) is 1.67. The number of aliphatic hydroxyl groups is 6. The van der Waals surface area contributed by atoms with E-state index in [0.717, 1.165) is 0 Å². The van der Waals surface area contributed by atoms with Crippen LogP contribution in [-0.2, 0) is 9.53 Å². The quantitative estimate of drug-likeness (QED) is 0.145. The average molecular weight is 299 g/mol. The molecule has 112 valence electrons. The molecule has 1 aliphatic rings. The third-order valence-electron chi connectivity index (χ3n) is 2.96. The summed E-state index contributed by atoms with van der Waals surface area (Å²) in [5.41, 5.74) is 5.28. The molecule has 0 aromatic heterocycles. The number of aliphatic hydroxyl groups excluding tert-OH is 5. The van der Waals surface area contributed by atoms with Crippen molar-refractivity contribution in [1.29, 1.82) is 0 Å². The molecule has 10 heteroatoms. The third kappa shape index (κ3) is 2.85. The molecule has 0 heterocycles. The first-order valence-electron chi connectivity index (χ1n) is 5.38. The number of thiol groups is 1. The van der Waals surface area contributed by atoms with E-state index in [1.165, 1.54) is 0 Å². The molecule has 9 nitrogen and oxygen atoms in total. The van der Waals surface area contributed by atoms with Crippen LogP contribution in [0.5, 0.6) is 0 Å². The summed E-state index contributed by atoms with van der Waals surface area (Å²) in [6, 6.07) is -1.24. The Labute approximate surface area is 113 Å². The molecule has 0 aliphatic heterocycles. The van der Waals surface area contributed by atoms with Crippen molar-refractivity contribution in [3.63, 3.8) is 0 Å². The molecule has 1 fully saturated rings. The number of nitrogens with two attached hydrogens (primary N) is 1. The number of carbonyl (C=O) groups excluding carboxylic acids is 1. The van der Waals surface area contributed by atoms with E-state index in [1.807, 2.05) is 0 Å². The highest BCUT2D eigenvalue weighted by Gasteiger charge is 2.60. The molecule has 19 heavy (non-hydrogen) atoms. The van der Waals surface area contributed by atoms with Crippen molar-refractivity contribution < 1.29 is 40.2 Å². The van der Waals surface area contributed by atoms with Gasteiger partial charge < -0.3 is 41.1 Å². The lowest BCUT2D eigenvalue weighted by atomic mass is 9.82. The van der Waals surface area contributed by atoms with E-state index in [2.05, 4.69) is 17.4 Å². The molecule has 1 aliphatic carbocycles. The van der Waals surface area contributed by atoms with Crippen molar-refractivity contribution >= 4 is 18.6 Å². The molecule has 0 amide bonds. The van der Waals surface area contributed by atoms with Crippen LogP contribution in [0.4, 0.5) is 0 Å². The highest BCUT2D eigenvalue weighted by atomic mass is 32.1. The van der Waals surface area contributed by atoms with Gasteiger partial charge in [-0.15, -0.1) is 0 Å². The molecule has 0 aromatic rings. The van der Waals surface area contributed by atoms with Crippen molar-refractivity contribution in [3.05, 3.63) is 0 Å². The summed E-state index contributed by atoms with van der Waals surface area (Å²) in [5, 5.41) is 57.2. The monoisotopic (exact) mass is 299 g/mol. The number of rotatable bonds is 3. The number of esters is 1. The maximum absolute atomic E-state index is 11.4. The van der Waals surface area contributed by atoms with E-state index in [1.54, 1.807) is 0 Å². The standard InChI is InChI=1S/C9H17NO8S/c10-2(1-19)8(16)18-9(17)6(14)4(12)3(11)5(13)7(9)15/h2-7,11-15,17,19H,1,10H2/t2-,3?,4-,5+,6+,7+,9?/m0/s1. The summed E-state index contributed by atoms with van der Waals surface area (Å²) >= 11 is 3.72. The number of ether oxygens (including phenoxy) is 1. The fraction of sp³-hybridized carbons (Fsp3) is 0.889. The van der Waals surface area contributed by atoms with Gasteiger partial charge in [0.05, 0.1) is 0 Å². The maximum atomic E-state index is 11.4. The lowest BCUT2D eigenvalue weighted by molar-refractivity contribution is -0.348. The molecule has 1 saturated carbocycles. The van der Waals surface area contributed by atoms with Crippen LogP contribution in [0.1, 0.15) is 0 Å². The van der Waals surface area contributed by atoms with Crippen LogP contribution >= 0.6 is 12.6 Å². The minimum atomic E-state index is -2.99. The Bertz CT molecular complexity index is 326. The second-order valence-electron chi connectivity index (χ2n) is 4.32. The van der Waals surface area contributed by atoms with Crippen LogP contribution < -0.4 is 5.73 Å². The number of carbonyl (C=O) groups is 1. The summed E-state index contributed by atoms with van der Waals surface area (Å²) < 4.78 is 4.46. The van der Waals surface area contributed by atoms with Crippen molar-refractivity contribution in [1.82, 2.24) is 0 Å². The molecule has 8 N–H and O–H groups in total. The van der Waals surface area contributed by atoms with Crippen molar-refractivity contribution in [2.24, 2.45) is 5.73 Å². The van der Waals surface area contributed by atoms with Crippen LogP contribution in [-0.4, -0.2) is 84.7 Å². The molecule has 0 radical (unpaired) electrons. The Morgan fingerprint density at radius 3 is 1.95 bits per heavy atom. The fourth-order valence-corrected chi connectivity index (χ4v) is 1.82. The number of hydrogen-bond donors (Lipinski definition) is 8. The normalized spacial score (nSPS) is 44.7. The van der Waals surface area contributed by atoms with Gasteiger partial charge in [-0.25, -0.2) is 0 Å². The van der Waals surface area contributed by atoms with E-state index in [-0.39, 0.29) is 5.75 Å². The first-order valence-corrected chi connectivity index (χ1v) is 6.02. The zero-order chi connectivity index (χ0) is 15.0. The molecule has 0 aromatic carbocycles. The van der Waals surface area contributed by atoms with Crippen molar-refractivity contribution in [2.45, 2.75) is 42.3 Å². The first-order chi connectivity index (χ1) is 8.66. The molecule has 2 unspecified atom stereocenters. The van der Waals surface area contributed by atoms with Crippen LogP contribution in [0.3, 0.4) is 0 Å². The molecule has 0 bridgehead atoms. The highest BCUT2D eigenvalue weighted by molar-refractivity contribution is 7.80.